The Morgan fingerprint density at radius 3 is 2.68 bits per heavy atom. The van der Waals surface area contributed by atoms with Gasteiger partial charge < -0.3 is 11.1 Å². The van der Waals surface area contributed by atoms with Gasteiger partial charge in [0.05, 0.1) is 18.4 Å². The molecule has 0 bridgehead atoms. The summed E-state index contributed by atoms with van der Waals surface area (Å²) in [5.74, 6) is 0.121. The molecule has 19 heavy (non-hydrogen) atoms. The molecule has 1 aliphatic rings. The Balaban J connectivity index is 1.82. The van der Waals surface area contributed by atoms with Crippen LogP contribution in [0.5, 0.6) is 0 Å². The fourth-order valence-electron chi connectivity index (χ4n) is 2.34. The number of aromatic nitrogens is 1. The van der Waals surface area contributed by atoms with Gasteiger partial charge in [-0.15, -0.1) is 0 Å². The van der Waals surface area contributed by atoms with Crippen molar-refractivity contribution in [2.75, 3.05) is 0 Å². The van der Waals surface area contributed by atoms with Crippen LogP contribution in [0.15, 0.2) is 23.3 Å². The predicted octanol–water partition coefficient (Wildman–Crippen LogP) is 2.35. The Kier molecular flexibility index (Phi) is 5.12. The molecular formula is C14H21FN4. The molecule has 0 aromatic carbocycles. The number of rotatable bonds is 3. The molecule has 0 saturated heterocycles. The highest BCUT2D eigenvalue weighted by atomic mass is 19.1. The van der Waals surface area contributed by atoms with Crippen LogP contribution >= 0.6 is 0 Å². The summed E-state index contributed by atoms with van der Waals surface area (Å²) in [4.78, 5) is 8.19. The smallest absolute Gasteiger partial charge is 0.189 e. The van der Waals surface area contributed by atoms with Crippen LogP contribution < -0.4 is 11.1 Å². The Hall–Kier alpha value is -1.65. The van der Waals surface area contributed by atoms with Gasteiger partial charge in [-0.1, -0.05) is 25.7 Å². The zero-order chi connectivity index (χ0) is 13.5. The van der Waals surface area contributed by atoms with E-state index in [2.05, 4.69) is 15.3 Å². The van der Waals surface area contributed by atoms with Gasteiger partial charge in [0.1, 0.15) is 5.82 Å². The van der Waals surface area contributed by atoms with Gasteiger partial charge in [0.25, 0.3) is 0 Å². The van der Waals surface area contributed by atoms with E-state index in [0.29, 0.717) is 24.2 Å². The van der Waals surface area contributed by atoms with Crippen LogP contribution in [0.2, 0.25) is 0 Å². The van der Waals surface area contributed by atoms with E-state index in [4.69, 9.17) is 5.73 Å². The number of hydrogen-bond acceptors (Lipinski definition) is 2. The van der Waals surface area contributed by atoms with E-state index >= 15 is 0 Å². The summed E-state index contributed by atoms with van der Waals surface area (Å²) in [7, 11) is 0. The first-order valence-electron chi connectivity index (χ1n) is 6.91. The second kappa shape index (κ2) is 7.07. The molecule has 4 nitrogen and oxygen atoms in total. The zero-order valence-corrected chi connectivity index (χ0v) is 11.1. The summed E-state index contributed by atoms with van der Waals surface area (Å²) in [5, 5.41) is 3.27. The van der Waals surface area contributed by atoms with Gasteiger partial charge in [-0.3, -0.25) is 4.98 Å². The van der Waals surface area contributed by atoms with E-state index in [1.165, 1.54) is 37.9 Å². The van der Waals surface area contributed by atoms with Crippen LogP contribution in [0, 0.1) is 5.82 Å². The minimum absolute atomic E-state index is 0.336. The molecule has 0 amide bonds. The summed E-state index contributed by atoms with van der Waals surface area (Å²) in [6, 6.07) is 3.44. The lowest BCUT2D eigenvalue weighted by Crippen LogP contribution is -2.39. The third-order valence-electron chi connectivity index (χ3n) is 3.41. The molecule has 104 valence electrons. The lowest BCUT2D eigenvalue weighted by atomic mass is 10.1. The van der Waals surface area contributed by atoms with E-state index in [9.17, 15) is 4.39 Å². The highest BCUT2D eigenvalue weighted by Crippen LogP contribution is 2.16. The summed E-state index contributed by atoms with van der Waals surface area (Å²) >= 11 is 0. The summed E-state index contributed by atoms with van der Waals surface area (Å²) in [6.45, 7) is 0.381. The van der Waals surface area contributed by atoms with Gasteiger partial charge in [-0.25, -0.2) is 9.38 Å². The molecule has 0 atom stereocenters. The molecule has 0 radical (unpaired) electrons. The van der Waals surface area contributed by atoms with Crippen molar-refractivity contribution in [2.45, 2.75) is 51.1 Å². The highest BCUT2D eigenvalue weighted by molar-refractivity contribution is 5.78. The van der Waals surface area contributed by atoms with E-state index in [1.54, 1.807) is 6.07 Å². The normalized spacial score (nSPS) is 18.1. The van der Waals surface area contributed by atoms with E-state index in [0.717, 1.165) is 12.8 Å². The Morgan fingerprint density at radius 1 is 1.32 bits per heavy atom. The SMILES string of the molecule is NC(=NCc1ccc(F)cn1)NC1CCCCCC1. The number of halogens is 1. The van der Waals surface area contributed by atoms with Gasteiger partial charge in [-0.05, 0) is 25.0 Å². The van der Waals surface area contributed by atoms with E-state index in [-0.39, 0.29) is 5.82 Å². The molecule has 2 rings (SSSR count). The number of nitrogens with one attached hydrogen (secondary N) is 1. The van der Waals surface area contributed by atoms with Crippen LogP contribution in [-0.4, -0.2) is 17.0 Å². The maximum Gasteiger partial charge on any atom is 0.189 e. The van der Waals surface area contributed by atoms with E-state index in [1.807, 2.05) is 0 Å². The van der Waals surface area contributed by atoms with Crippen LogP contribution in [0.1, 0.15) is 44.2 Å². The quantitative estimate of drug-likeness (QED) is 0.500. The minimum atomic E-state index is -0.336. The fraction of sp³-hybridized carbons (Fsp3) is 0.571. The Bertz CT molecular complexity index is 408. The van der Waals surface area contributed by atoms with Crippen LogP contribution in [0.3, 0.4) is 0 Å². The van der Waals surface area contributed by atoms with Crippen molar-refractivity contribution < 1.29 is 4.39 Å². The first kappa shape index (κ1) is 13.8. The van der Waals surface area contributed by atoms with Crippen molar-refractivity contribution in [1.29, 1.82) is 0 Å². The van der Waals surface area contributed by atoms with Crippen molar-refractivity contribution in [1.82, 2.24) is 10.3 Å². The number of aliphatic imine (C=N–C) groups is 1. The van der Waals surface area contributed by atoms with Crippen LogP contribution in [0.4, 0.5) is 4.39 Å². The summed E-state index contributed by atoms with van der Waals surface area (Å²) < 4.78 is 12.7. The predicted molar refractivity (Wildman–Crippen MR) is 74.1 cm³/mol. The molecule has 0 spiro atoms. The maximum atomic E-state index is 12.7. The fourth-order valence-corrected chi connectivity index (χ4v) is 2.34. The molecular weight excluding hydrogens is 243 g/mol. The van der Waals surface area contributed by atoms with Gasteiger partial charge >= 0.3 is 0 Å². The molecule has 1 fully saturated rings. The molecule has 1 aromatic heterocycles. The third kappa shape index (κ3) is 4.85. The average Bonchev–Trinajstić information content (AvgIpc) is 2.67. The Morgan fingerprint density at radius 2 is 2.05 bits per heavy atom. The van der Waals surface area contributed by atoms with Crippen molar-refractivity contribution in [3.8, 4) is 0 Å². The van der Waals surface area contributed by atoms with Gasteiger partial charge in [-0.2, -0.15) is 0 Å². The van der Waals surface area contributed by atoms with Gasteiger partial charge in [0.15, 0.2) is 5.96 Å². The molecule has 0 unspecified atom stereocenters. The summed E-state index contributed by atoms with van der Waals surface area (Å²) in [6.07, 6.45) is 8.65. The summed E-state index contributed by atoms with van der Waals surface area (Å²) in [5.41, 5.74) is 6.59. The molecule has 1 heterocycles. The van der Waals surface area contributed by atoms with Crippen molar-refractivity contribution in [2.24, 2.45) is 10.7 Å². The molecule has 1 aliphatic carbocycles. The van der Waals surface area contributed by atoms with Crippen LogP contribution in [0.25, 0.3) is 0 Å². The number of nitrogens with zero attached hydrogens (tertiary/aromatic N) is 2. The zero-order valence-electron chi connectivity index (χ0n) is 11.1. The van der Waals surface area contributed by atoms with Crippen molar-refractivity contribution in [3.05, 3.63) is 29.8 Å². The second-order valence-electron chi connectivity index (χ2n) is 5.00. The average molecular weight is 264 g/mol. The number of hydrogen-bond donors (Lipinski definition) is 2. The minimum Gasteiger partial charge on any atom is -0.370 e. The standard InChI is InChI=1S/C14H21FN4/c15-11-7-8-13(17-9-11)10-18-14(16)19-12-5-3-1-2-4-6-12/h7-9,12H,1-6,10H2,(H3,16,18,19). The molecule has 1 saturated carbocycles. The number of guanidine groups is 1. The topological polar surface area (TPSA) is 63.3 Å². The van der Waals surface area contributed by atoms with Gasteiger partial charge in [0, 0.05) is 6.04 Å². The highest BCUT2D eigenvalue weighted by Gasteiger charge is 2.12. The lowest BCUT2D eigenvalue weighted by molar-refractivity contribution is 0.530. The lowest BCUT2D eigenvalue weighted by Gasteiger charge is -2.16. The maximum absolute atomic E-state index is 12.7. The monoisotopic (exact) mass is 264 g/mol. The first-order valence-corrected chi connectivity index (χ1v) is 6.91. The van der Waals surface area contributed by atoms with Crippen molar-refractivity contribution >= 4 is 5.96 Å². The third-order valence-corrected chi connectivity index (χ3v) is 3.41. The molecule has 5 heteroatoms. The number of pyridine rings is 1. The number of nitrogens with two attached hydrogens (primary N) is 1. The second-order valence-corrected chi connectivity index (χ2v) is 5.00. The Labute approximate surface area is 113 Å². The van der Waals surface area contributed by atoms with E-state index < -0.39 is 0 Å². The molecule has 0 aliphatic heterocycles. The van der Waals surface area contributed by atoms with Crippen molar-refractivity contribution in [3.63, 3.8) is 0 Å². The molecule has 1 aromatic rings. The van der Waals surface area contributed by atoms with Gasteiger partial charge in [0.2, 0.25) is 0 Å². The largest absolute Gasteiger partial charge is 0.370 e. The first-order chi connectivity index (χ1) is 9.24. The van der Waals surface area contributed by atoms with Crippen LogP contribution in [-0.2, 0) is 6.54 Å². The molecule has 3 N–H and O–H groups in total.